The summed E-state index contributed by atoms with van der Waals surface area (Å²) in [5, 5.41) is 10.3. The molecular formula is C13H14N4O. The van der Waals surface area contributed by atoms with Gasteiger partial charge in [-0.2, -0.15) is 5.10 Å². The molecule has 1 atom stereocenters. The second kappa shape index (κ2) is 3.87. The van der Waals surface area contributed by atoms with Gasteiger partial charge < -0.3 is 10.6 Å². The van der Waals surface area contributed by atoms with Crippen LogP contribution in [0.15, 0.2) is 30.5 Å². The summed E-state index contributed by atoms with van der Waals surface area (Å²) in [5.74, 6) is -0.102. The van der Waals surface area contributed by atoms with E-state index >= 15 is 0 Å². The minimum atomic E-state index is -0.200. The summed E-state index contributed by atoms with van der Waals surface area (Å²) in [4.78, 5) is 12.0. The van der Waals surface area contributed by atoms with Crippen LogP contribution in [0.2, 0.25) is 0 Å². The Bertz CT molecular complexity index is 617. The summed E-state index contributed by atoms with van der Waals surface area (Å²) in [6.45, 7) is 2.03. The molecule has 1 aliphatic heterocycles. The fraction of sp³-hybridized carbons (Fsp3) is 0.231. The van der Waals surface area contributed by atoms with Crippen molar-refractivity contribution in [3.05, 3.63) is 47.3 Å². The van der Waals surface area contributed by atoms with Crippen LogP contribution in [0.3, 0.4) is 0 Å². The molecule has 0 saturated heterocycles. The monoisotopic (exact) mass is 242 g/mol. The highest BCUT2D eigenvalue weighted by molar-refractivity contribution is 6.00. The zero-order valence-electron chi connectivity index (χ0n) is 10.3. The van der Waals surface area contributed by atoms with Gasteiger partial charge in [0.2, 0.25) is 0 Å². The summed E-state index contributed by atoms with van der Waals surface area (Å²) >= 11 is 0. The maximum Gasteiger partial charge on any atom is 0.273 e. The van der Waals surface area contributed by atoms with E-state index in [9.17, 15) is 4.79 Å². The molecule has 1 aliphatic rings. The largest absolute Gasteiger partial charge is 0.358 e. The Hall–Kier alpha value is -2.30. The second-order valence-corrected chi connectivity index (χ2v) is 4.50. The molecule has 0 unspecified atom stereocenters. The molecule has 92 valence electrons. The van der Waals surface area contributed by atoms with Crippen LogP contribution in [0.5, 0.6) is 0 Å². The van der Waals surface area contributed by atoms with E-state index in [-0.39, 0.29) is 12.1 Å². The summed E-state index contributed by atoms with van der Waals surface area (Å²) in [6, 6.07) is 8.06. The van der Waals surface area contributed by atoms with Gasteiger partial charge in [-0.05, 0) is 12.5 Å². The van der Waals surface area contributed by atoms with Gasteiger partial charge in [0.1, 0.15) is 11.9 Å². The number of benzene rings is 1. The van der Waals surface area contributed by atoms with Crippen LogP contribution in [0.25, 0.3) is 0 Å². The van der Waals surface area contributed by atoms with Crippen LogP contribution in [-0.4, -0.2) is 15.7 Å². The number of aryl methyl sites for hydroxylation is 2. The molecule has 0 saturated carbocycles. The van der Waals surface area contributed by atoms with Gasteiger partial charge in [0.25, 0.3) is 5.91 Å². The van der Waals surface area contributed by atoms with Crippen molar-refractivity contribution in [3.63, 3.8) is 0 Å². The van der Waals surface area contributed by atoms with Crippen LogP contribution >= 0.6 is 0 Å². The Morgan fingerprint density at radius 1 is 1.33 bits per heavy atom. The van der Waals surface area contributed by atoms with Crippen molar-refractivity contribution >= 4 is 11.6 Å². The van der Waals surface area contributed by atoms with Gasteiger partial charge >= 0.3 is 0 Å². The van der Waals surface area contributed by atoms with Crippen LogP contribution in [0.1, 0.15) is 27.8 Å². The fourth-order valence-corrected chi connectivity index (χ4v) is 2.22. The number of aromatic nitrogens is 2. The third-order valence-corrected chi connectivity index (χ3v) is 3.10. The zero-order chi connectivity index (χ0) is 12.7. The number of amides is 1. The van der Waals surface area contributed by atoms with Gasteiger partial charge in [0, 0.05) is 7.05 Å². The van der Waals surface area contributed by atoms with Gasteiger partial charge in [-0.15, -0.1) is 0 Å². The predicted molar refractivity (Wildman–Crippen MR) is 68.2 cm³/mol. The Morgan fingerprint density at radius 2 is 2.17 bits per heavy atom. The van der Waals surface area contributed by atoms with E-state index in [1.54, 1.807) is 17.9 Å². The highest BCUT2D eigenvalue weighted by atomic mass is 16.2. The molecule has 1 amide bonds. The molecule has 3 rings (SSSR count). The highest BCUT2D eigenvalue weighted by Crippen LogP contribution is 2.26. The quantitative estimate of drug-likeness (QED) is 0.798. The van der Waals surface area contributed by atoms with E-state index in [0.717, 1.165) is 11.3 Å². The molecule has 0 bridgehead atoms. The Labute approximate surface area is 105 Å². The maximum atomic E-state index is 12.0. The predicted octanol–water partition coefficient (Wildman–Crippen LogP) is 1.58. The molecule has 1 aromatic carbocycles. The maximum absolute atomic E-state index is 12.0. The third-order valence-electron chi connectivity index (χ3n) is 3.10. The number of rotatable bonds is 1. The molecule has 5 nitrogen and oxygen atoms in total. The minimum absolute atomic E-state index is 0.102. The van der Waals surface area contributed by atoms with Crippen LogP contribution in [-0.2, 0) is 7.05 Å². The first-order chi connectivity index (χ1) is 8.65. The third kappa shape index (κ3) is 1.64. The van der Waals surface area contributed by atoms with Crippen molar-refractivity contribution in [1.82, 2.24) is 15.1 Å². The van der Waals surface area contributed by atoms with Gasteiger partial charge in [0.05, 0.1) is 11.9 Å². The molecule has 0 radical (unpaired) electrons. The number of carbonyl (C=O) groups is 1. The molecular weight excluding hydrogens is 228 g/mol. The van der Waals surface area contributed by atoms with Crippen molar-refractivity contribution in [2.45, 2.75) is 13.1 Å². The van der Waals surface area contributed by atoms with Crippen molar-refractivity contribution in [1.29, 1.82) is 0 Å². The lowest BCUT2D eigenvalue weighted by Crippen LogP contribution is -2.39. The molecule has 2 heterocycles. The number of hydrogen-bond donors (Lipinski definition) is 2. The van der Waals surface area contributed by atoms with Gasteiger partial charge in [0.15, 0.2) is 0 Å². The van der Waals surface area contributed by atoms with Crippen LogP contribution in [0, 0.1) is 6.92 Å². The zero-order valence-corrected chi connectivity index (χ0v) is 10.3. The van der Waals surface area contributed by atoms with Gasteiger partial charge in [-0.3, -0.25) is 9.48 Å². The average Bonchev–Trinajstić information content (AvgIpc) is 2.71. The summed E-state index contributed by atoms with van der Waals surface area (Å²) in [5.41, 5.74) is 3.55. The molecule has 5 heteroatoms. The van der Waals surface area contributed by atoms with E-state index in [0.29, 0.717) is 5.69 Å². The van der Waals surface area contributed by atoms with Gasteiger partial charge in [-0.1, -0.05) is 29.8 Å². The lowest BCUT2D eigenvalue weighted by molar-refractivity contribution is 0.0926. The molecule has 1 aromatic heterocycles. The van der Waals surface area contributed by atoms with Crippen LogP contribution in [0.4, 0.5) is 5.69 Å². The topological polar surface area (TPSA) is 59.0 Å². The first-order valence-electron chi connectivity index (χ1n) is 5.81. The van der Waals surface area contributed by atoms with Crippen molar-refractivity contribution in [2.24, 2.45) is 7.05 Å². The molecule has 2 aromatic rings. The second-order valence-electron chi connectivity index (χ2n) is 4.50. The molecule has 2 N–H and O–H groups in total. The summed E-state index contributed by atoms with van der Waals surface area (Å²) < 4.78 is 1.57. The van der Waals surface area contributed by atoms with Crippen molar-refractivity contribution in [2.75, 3.05) is 5.32 Å². The summed E-state index contributed by atoms with van der Waals surface area (Å²) in [7, 11) is 1.76. The molecule has 18 heavy (non-hydrogen) atoms. The number of nitrogens with one attached hydrogen (secondary N) is 2. The van der Waals surface area contributed by atoms with E-state index in [1.165, 1.54) is 5.56 Å². The average molecular weight is 242 g/mol. The number of carbonyl (C=O) groups excluding carboxylic acids is 1. The molecule has 0 spiro atoms. The van der Waals surface area contributed by atoms with E-state index in [2.05, 4.69) is 21.8 Å². The molecule has 0 aliphatic carbocycles. The lowest BCUT2D eigenvalue weighted by Gasteiger charge is -2.26. The Morgan fingerprint density at radius 3 is 2.94 bits per heavy atom. The number of nitrogens with zero attached hydrogens (tertiary/aromatic N) is 2. The van der Waals surface area contributed by atoms with E-state index in [1.807, 2.05) is 25.1 Å². The van der Waals surface area contributed by atoms with Crippen LogP contribution < -0.4 is 10.6 Å². The first-order valence-corrected chi connectivity index (χ1v) is 5.81. The SMILES string of the molecule is Cc1cccc([C@@H]2NC(=O)c3c(cnn3C)N2)c1. The number of fused-ring (bicyclic) bond motifs is 1. The smallest absolute Gasteiger partial charge is 0.273 e. The standard InChI is InChI=1S/C13H14N4O/c1-8-4-3-5-9(6-8)12-15-10-7-14-17(2)11(10)13(18)16-12/h3-7,12,15H,1-2H3,(H,16,18)/t12-/m0/s1. The van der Waals surface area contributed by atoms with E-state index < -0.39 is 0 Å². The van der Waals surface area contributed by atoms with E-state index in [4.69, 9.17) is 0 Å². The minimum Gasteiger partial charge on any atom is -0.358 e. The molecule has 0 fully saturated rings. The Balaban J connectivity index is 1.97. The Kier molecular flexibility index (Phi) is 2.33. The summed E-state index contributed by atoms with van der Waals surface area (Å²) in [6.07, 6.45) is 1.48. The number of anilines is 1. The van der Waals surface area contributed by atoms with Crippen molar-refractivity contribution in [3.8, 4) is 0 Å². The highest BCUT2D eigenvalue weighted by Gasteiger charge is 2.27. The normalized spacial score (nSPS) is 17.9. The fourth-order valence-electron chi connectivity index (χ4n) is 2.22. The first kappa shape index (κ1) is 10.8. The number of hydrogen-bond acceptors (Lipinski definition) is 3. The lowest BCUT2D eigenvalue weighted by atomic mass is 10.1. The van der Waals surface area contributed by atoms with Gasteiger partial charge in [-0.25, -0.2) is 0 Å². The van der Waals surface area contributed by atoms with Crippen molar-refractivity contribution < 1.29 is 4.79 Å².